The molecule has 0 aromatic heterocycles. The van der Waals surface area contributed by atoms with E-state index >= 15 is 0 Å². The highest BCUT2D eigenvalue weighted by Gasteiger charge is 2.24. The molecule has 1 aliphatic rings. The molecule has 1 fully saturated rings. The number of hydrogen-bond donors (Lipinski definition) is 1. The van der Waals surface area contributed by atoms with Gasteiger partial charge in [-0.15, -0.1) is 0 Å². The molecule has 4 nitrogen and oxygen atoms in total. The summed E-state index contributed by atoms with van der Waals surface area (Å²) in [5, 5.41) is 8.87. The number of rotatable bonds is 3. The predicted octanol–water partition coefficient (Wildman–Crippen LogP) is 2.84. The zero-order valence-electron chi connectivity index (χ0n) is 13.5. The second-order valence-electron chi connectivity index (χ2n) is 6.11. The molecule has 1 aliphatic heterocycles. The summed E-state index contributed by atoms with van der Waals surface area (Å²) in [6.45, 7) is 1.94. The molecule has 2 aromatic rings. The third kappa shape index (κ3) is 3.47. The van der Waals surface area contributed by atoms with E-state index in [2.05, 4.69) is 12.1 Å². The van der Waals surface area contributed by atoms with Crippen LogP contribution in [0.4, 0.5) is 0 Å². The number of piperidine rings is 1. The molecule has 1 amide bonds. The lowest BCUT2D eigenvalue weighted by atomic mass is 9.89. The van der Waals surface area contributed by atoms with Crippen molar-refractivity contribution in [3.8, 4) is 6.07 Å². The van der Waals surface area contributed by atoms with Crippen LogP contribution in [0.2, 0.25) is 0 Å². The van der Waals surface area contributed by atoms with Gasteiger partial charge in [0.1, 0.15) is 0 Å². The minimum absolute atomic E-state index is 0.0631. The van der Waals surface area contributed by atoms with E-state index in [1.807, 2.05) is 41.3 Å². The zero-order chi connectivity index (χ0) is 16.9. The fourth-order valence-electron chi connectivity index (χ4n) is 3.15. The van der Waals surface area contributed by atoms with Crippen LogP contribution in [-0.2, 0) is 6.54 Å². The molecule has 3 rings (SSSR count). The van der Waals surface area contributed by atoms with Gasteiger partial charge >= 0.3 is 0 Å². The van der Waals surface area contributed by atoms with Gasteiger partial charge in [-0.25, -0.2) is 0 Å². The van der Waals surface area contributed by atoms with Gasteiger partial charge in [-0.05, 0) is 60.2 Å². The number of carbonyl (C=O) groups is 1. The quantitative estimate of drug-likeness (QED) is 0.946. The lowest BCUT2D eigenvalue weighted by Crippen LogP contribution is -2.37. The molecule has 0 atom stereocenters. The Labute approximate surface area is 142 Å². The maximum absolute atomic E-state index is 12.6. The van der Waals surface area contributed by atoms with Gasteiger partial charge in [-0.2, -0.15) is 5.26 Å². The van der Waals surface area contributed by atoms with Crippen LogP contribution in [0.1, 0.15) is 45.8 Å². The van der Waals surface area contributed by atoms with Crippen molar-refractivity contribution in [2.75, 3.05) is 13.1 Å². The van der Waals surface area contributed by atoms with Crippen molar-refractivity contribution in [3.63, 3.8) is 0 Å². The second-order valence-corrected chi connectivity index (χ2v) is 6.11. The number of benzene rings is 2. The summed E-state index contributed by atoms with van der Waals surface area (Å²) in [6.07, 6.45) is 1.89. The summed E-state index contributed by atoms with van der Waals surface area (Å²) < 4.78 is 0. The number of hydrogen-bond acceptors (Lipinski definition) is 3. The predicted molar refractivity (Wildman–Crippen MR) is 92.2 cm³/mol. The van der Waals surface area contributed by atoms with E-state index in [0.717, 1.165) is 31.5 Å². The van der Waals surface area contributed by atoms with Crippen LogP contribution in [0.15, 0.2) is 42.5 Å². The zero-order valence-corrected chi connectivity index (χ0v) is 13.5. The number of nitrogens with two attached hydrogens (primary N) is 1. The summed E-state index contributed by atoms with van der Waals surface area (Å²) in [7, 11) is 0. The number of nitrogens with zero attached hydrogens (tertiary/aromatic N) is 2. The Hall–Kier alpha value is -2.64. The molecule has 1 radical (unpaired) electrons. The molecule has 0 bridgehead atoms. The van der Waals surface area contributed by atoms with Crippen LogP contribution >= 0.6 is 0 Å². The van der Waals surface area contributed by atoms with E-state index in [1.54, 1.807) is 6.07 Å². The number of likely N-dealkylation sites (tertiary alicyclic amines) is 1. The first-order chi connectivity index (χ1) is 11.7. The Morgan fingerprint density at radius 2 is 1.92 bits per heavy atom. The molecule has 4 heteroatoms. The van der Waals surface area contributed by atoms with Crippen molar-refractivity contribution >= 4 is 5.91 Å². The first-order valence-electron chi connectivity index (χ1n) is 8.21. The van der Waals surface area contributed by atoms with Gasteiger partial charge in [-0.3, -0.25) is 4.79 Å². The smallest absolute Gasteiger partial charge is 0.253 e. The molecule has 24 heavy (non-hydrogen) atoms. The molecular weight excluding hydrogens is 298 g/mol. The molecule has 2 aromatic carbocycles. The van der Waals surface area contributed by atoms with E-state index in [9.17, 15) is 4.79 Å². The Morgan fingerprint density at radius 3 is 2.46 bits per heavy atom. The molecule has 0 saturated carbocycles. The van der Waals surface area contributed by atoms with Gasteiger partial charge in [0.2, 0.25) is 0 Å². The third-order valence-corrected chi connectivity index (χ3v) is 4.64. The summed E-state index contributed by atoms with van der Waals surface area (Å²) in [4.78, 5) is 14.5. The van der Waals surface area contributed by atoms with Crippen LogP contribution in [0.25, 0.3) is 0 Å². The molecule has 2 N–H and O–H groups in total. The summed E-state index contributed by atoms with van der Waals surface area (Å²) >= 11 is 0. The first kappa shape index (κ1) is 16.2. The Morgan fingerprint density at radius 1 is 1.21 bits per heavy atom. The minimum Gasteiger partial charge on any atom is -0.339 e. The van der Waals surface area contributed by atoms with Gasteiger partial charge in [0.15, 0.2) is 0 Å². The van der Waals surface area contributed by atoms with Crippen LogP contribution in [0, 0.1) is 17.4 Å². The van der Waals surface area contributed by atoms with Crippen molar-refractivity contribution < 1.29 is 4.79 Å². The fourth-order valence-corrected chi connectivity index (χ4v) is 3.15. The number of carbonyl (C=O) groups excluding carboxylic acids is 1. The van der Waals surface area contributed by atoms with E-state index in [0.29, 0.717) is 23.6 Å². The van der Waals surface area contributed by atoms with Crippen molar-refractivity contribution in [1.29, 1.82) is 5.26 Å². The Balaban J connectivity index is 1.61. The normalized spacial score (nSPS) is 15.1. The Kier molecular flexibility index (Phi) is 4.93. The lowest BCUT2D eigenvalue weighted by Gasteiger charge is -2.32. The molecule has 1 heterocycles. The Bertz CT molecular complexity index is 736. The SMILES string of the molecule is N#Cc1ccc(C2CCN(C(=O)c3c[c]c(CN)cc3)CC2)cc1. The first-order valence-corrected chi connectivity index (χ1v) is 8.21. The third-order valence-electron chi connectivity index (χ3n) is 4.64. The van der Waals surface area contributed by atoms with Crippen molar-refractivity contribution in [2.45, 2.75) is 25.3 Å². The van der Waals surface area contributed by atoms with Crippen LogP contribution in [0.3, 0.4) is 0 Å². The van der Waals surface area contributed by atoms with E-state index in [4.69, 9.17) is 11.0 Å². The highest BCUT2D eigenvalue weighted by atomic mass is 16.2. The molecular formula is C20H20N3O. The second kappa shape index (κ2) is 7.29. The summed E-state index contributed by atoms with van der Waals surface area (Å²) in [5.74, 6) is 0.515. The van der Waals surface area contributed by atoms with Gasteiger partial charge in [-0.1, -0.05) is 18.2 Å². The number of amides is 1. The standard InChI is InChI=1S/C20H20N3O/c21-13-15-1-5-17(6-2-15)18-9-11-23(12-10-18)20(24)19-7-3-16(14-22)4-8-19/h1-3,5-8,18H,9-12,14,22H2. The number of nitriles is 1. The maximum Gasteiger partial charge on any atom is 0.253 e. The monoisotopic (exact) mass is 318 g/mol. The van der Waals surface area contributed by atoms with E-state index < -0.39 is 0 Å². The van der Waals surface area contributed by atoms with Crippen molar-refractivity contribution in [3.05, 3.63) is 70.8 Å². The largest absolute Gasteiger partial charge is 0.339 e. The fraction of sp³-hybridized carbons (Fsp3) is 0.300. The van der Waals surface area contributed by atoms with Gasteiger partial charge in [0.05, 0.1) is 11.6 Å². The van der Waals surface area contributed by atoms with Crippen molar-refractivity contribution in [2.24, 2.45) is 5.73 Å². The van der Waals surface area contributed by atoms with E-state index in [1.165, 1.54) is 5.56 Å². The van der Waals surface area contributed by atoms with Crippen LogP contribution in [0.5, 0.6) is 0 Å². The van der Waals surface area contributed by atoms with Crippen LogP contribution < -0.4 is 5.73 Å². The maximum atomic E-state index is 12.6. The summed E-state index contributed by atoms with van der Waals surface area (Å²) in [6, 6.07) is 18.4. The highest BCUT2D eigenvalue weighted by Crippen LogP contribution is 2.28. The molecule has 0 aliphatic carbocycles. The average molecular weight is 318 g/mol. The minimum atomic E-state index is 0.0631. The lowest BCUT2D eigenvalue weighted by molar-refractivity contribution is 0.0713. The average Bonchev–Trinajstić information content (AvgIpc) is 2.68. The molecule has 0 spiro atoms. The van der Waals surface area contributed by atoms with Crippen molar-refractivity contribution in [1.82, 2.24) is 4.90 Å². The van der Waals surface area contributed by atoms with Crippen LogP contribution in [-0.4, -0.2) is 23.9 Å². The molecule has 0 unspecified atom stereocenters. The van der Waals surface area contributed by atoms with Gasteiger partial charge in [0.25, 0.3) is 5.91 Å². The van der Waals surface area contributed by atoms with E-state index in [-0.39, 0.29) is 5.91 Å². The molecule has 1 saturated heterocycles. The highest BCUT2D eigenvalue weighted by molar-refractivity contribution is 5.94. The molecule has 121 valence electrons. The topological polar surface area (TPSA) is 70.1 Å². The van der Waals surface area contributed by atoms with Gasteiger partial charge in [0, 0.05) is 25.2 Å². The van der Waals surface area contributed by atoms with Gasteiger partial charge < -0.3 is 10.6 Å². The summed E-state index contributed by atoms with van der Waals surface area (Å²) in [5.41, 5.74) is 9.08.